The van der Waals surface area contributed by atoms with Gasteiger partial charge in [0.05, 0.1) is 0 Å². The summed E-state index contributed by atoms with van der Waals surface area (Å²) in [6.07, 6.45) is 12.2. The number of para-hydroxylation sites is 1. The molecule has 0 spiro atoms. The van der Waals surface area contributed by atoms with Crippen LogP contribution in [0.4, 0.5) is 0 Å². The second kappa shape index (κ2) is 7.89. The summed E-state index contributed by atoms with van der Waals surface area (Å²) in [6, 6.07) is 5.54. The highest BCUT2D eigenvalue weighted by atomic mass is 16.3. The molecule has 1 aromatic carbocycles. The van der Waals surface area contributed by atoms with Gasteiger partial charge in [0.25, 0.3) is 0 Å². The standard InChI is InChI=1S/C20H32O2/c1-3-5-10-16-11-7-8-15-20(16,14-6-4-2)17-12-9-13-18(21)19(17)22/h9,12-13,16,21-22H,3-8,10-11,14-15H2,1-2H3. The molecular weight excluding hydrogens is 272 g/mol. The van der Waals surface area contributed by atoms with E-state index in [0.717, 1.165) is 18.4 Å². The molecule has 2 unspecified atom stereocenters. The minimum absolute atomic E-state index is 0.0354. The molecule has 2 N–H and O–H groups in total. The van der Waals surface area contributed by atoms with Crippen LogP contribution in [0.1, 0.15) is 83.6 Å². The number of phenols is 2. The Kier molecular flexibility index (Phi) is 6.16. The molecule has 0 radical (unpaired) electrons. The Bertz CT molecular complexity index is 469. The Morgan fingerprint density at radius 3 is 2.59 bits per heavy atom. The van der Waals surface area contributed by atoms with Gasteiger partial charge in [-0.05, 0) is 37.7 Å². The highest BCUT2D eigenvalue weighted by molar-refractivity contribution is 5.48. The monoisotopic (exact) mass is 304 g/mol. The van der Waals surface area contributed by atoms with Crippen molar-refractivity contribution in [1.29, 1.82) is 0 Å². The van der Waals surface area contributed by atoms with Crippen LogP contribution in [-0.4, -0.2) is 10.2 Å². The Morgan fingerprint density at radius 1 is 1.09 bits per heavy atom. The van der Waals surface area contributed by atoms with E-state index in [2.05, 4.69) is 19.9 Å². The van der Waals surface area contributed by atoms with Gasteiger partial charge in [-0.1, -0.05) is 64.5 Å². The first kappa shape index (κ1) is 17.2. The van der Waals surface area contributed by atoms with E-state index in [1.807, 2.05) is 6.07 Å². The molecule has 2 heteroatoms. The zero-order valence-corrected chi connectivity index (χ0v) is 14.3. The summed E-state index contributed by atoms with van der Waals surface area (Å²) in [5, 5.41) is 20.5. The first-order valence-corrected chi connectivity index (χ1v) is 9.17. The van der Waals surface area contributed by atoms with E-state index in [9.17, 15) is 10.2 Å². The van der Waals surface area contributed by atoms with Crippen LogP contribution in [-0.2, 0) is 5.41 Å². The topological polar surface area (TPSA) is 40.5 Å². The zero-order chi connectivity index (χ0) is 16.0. The average molecular weight is 304 g/mol. The van der Waals surface area contributed by atoms with Crippen molar-refractivity contribution in [1.82, 2.24) is 0 Å². The van der Waals surface area contributed by atoms with Crippen LogP contribution >= 0.6 is 0 Å². The second-order valence-corrected chi connectivity index (χ2v) is 7.02. The van der Waals surface area contributed by atoms with Crippen LogP contribution in [0.2, 0.25) is 0 Å². The van der Waals surface area contributed by atoms with Crippen molar-refractivity contribution in [2.75, 3.05) is 0 Å². The molecule has 0 amide bonds. The van der Waals surface area contributed by atoms with E-state index < -0.39 is 0 Å². The van der Waals surface area contributed by atoms with Gasteiger partial charge in [0, 0.05) is 11.0 Å². The van der Waals surface area contributed by atoms with Gasteiger partial charge in [-0.15, -0.1) is 0 Å². The van der Waals surface area contributed by atoms with Gasteiger partial charge in [-0.2, -0.15) is 0 Å². The minimum Gasteiger partial charge on any atom is -0.504 e. The lowest BCUT2D eigenvalue weighted by molar-refractivity contribution is 0.150. The van der Waals surface area contributed by atoms with Gasteiger partial charge in [0.1, 0.15) is 0 Å². The smallest absolute Gasteiger partial charge is 0.161 e. The third kappa shape index (κ3) is 3.42. The third-order valence-electron chi connectivity index (χ3n) is 5.64. The van der Waals surface area contributed by atoms with Crippen molar-refractivity contribution in [3.05, 3.63) is 23.8 Å². The molecule has 1 saturated carbocycles. The number of hydrogen-bond acceptors (Lipinski definition) is 2. The van der Waals surface area contributed by atoms with Crippen molar-refractivity contribution in [2.45, 2.75) is 83.5 Å². The molecule has 0 aliphatic heterocycles. The molecule has 0 heterocycles. The molecular formula is C20H32O2. The van der Waals surface area contributed by atoms with E-state index in [0.29, 0.717) is 5.92 Å². The Labute approximate surface area is 135 Å². The lowest BCUT2D eigenvalue weighted by atomic mass is 9.59. The predicted octanol–water partition coefficient (Wildman–Crippen LogP) is 5.91. The van der Waals surface area contributed by atoms with E-state index in [1.165, 1.54) is 51.4 Å². The molecule has 2 rings (SSSR count). The summed E-state index contributed by atoms with van der Waals surface area (Å²) in [6.45, 7) is 4.49. The number of aromatic hydroxyl groups is 2. The van der Waals surface area contributed by atoms with Crippen LogP contribution in [0.15, 0.2) is 18.2 Å². The van der Waals surface area contributed by atoms with Gasteiger partial charge >= 0.3 is 0 Å². The molecule has 2 nitrogen and oxygen atoms in total. The Balaban J connectivity index is 2.42. The van der Waals surface area contributed by atoms with Crippen LogP contribution < -0.4 is 0 Å². The molecule has 0 bridgehead atoms. The maximum atomic E-state index is 10.5. The van der Waals surface area contributed by atoms with Crippen LogP contribution in [0.25, 0.3) is 0 Å². The van der Waals surface area contributed by atoms with E-state index in [1.54, 1.807) is 6.07 Å². The van der Waals surface area contributed by atoms with Crippen molar-refractivity contribution >= 4 is 0 Å². The van der Waals surface area contributed by atoms with Crippen molar-refractivity contribution < 1.29 is 10.2 Å². The fourth-order valence-electron chi connectivity index (χ4n) is 4.43. The molecule has 1 aliphatic rings. The average Bonchev–Trinajstić information content (AvgIpc) is 2.54. The van der Waals surface area contributed by atoms with Gasteiger partial charge in [0.2, 0.25) is 0 Å². The fraction of sp³-hybridized carbons (Fsp3) is 0.700. The number of benzene rings is 1. The fourth-order valence-corrected chi connectivity index (χ4v) is 4.43. The maximum absolute atomic E-state index is 10.5. The predicted molar refractivity (Wildman–Crippen MR) is 92.5 cm³/mol. The molecule has 22 heavy (non-hydrogen) atoms. The SMILES string of the molecule is CCCCC1CCCCC1(CCCC)c1cccc(O)c1O. The number of rotatable bonds is 7. The zero-order valence-electron chi connectivity index (χ0n) is 14.3. The lowest BCUT2D eigenvalue weighted by Gasteiger charge is -2.45. The molecule has 124 valence electrons. The van der Waals surface area contributed by atoms with Gasteiger partial charge in [0.15, 0.2) is 11.5 Å². The number of unbranched alkanes of at least 4 members (excludes halogenated alkanes) is 2. The molecule has 1 aromatic rings. The normalized spacial score (nSPS) is 25.3. The molecule has 0 aromatic heterocycles. The summed E-state index contributed by atoms with van der Waals surface area (Å²) < 4.78 is 0. The van der Waals surface area contributed by atoms with Crippen molar-refractivity contribution in [3.63, 3.8) is 0 Å². The second-order valence-electron chi connectivity index (χ2n) is 7.02. The first-order chi connectivity index (χ1) is 10.7. The van der Waals surface area contributed by atoms with Gasteiger partial charge in [-0.25, -0.2) is 0 Å². The first-order valence-electron chi connectivity index (χ1n) is 9.17. The van der Waals surface area contributed by atoms with Crippen molar-refractivity contribution in [2.24, 2.45) is 5.92 Å². The third-order valence-corrected chi connectivity index (χ3v) is 5.64. The number of hydrogen-bond donors (Lipinski definition) is 2. The molecule has 0 saturated heterocycles. The van der Waals surface area contributed by atoms with Crippen LogP contribution in [0.3, 0.4) is 0 Å². The summed E-state index contributed by atoms with van der Waals surface area (Å²) >= 11 is 0. The summed E-state index contributed by atoms with van der Waals surface area (Å²) in [4.78, 5) is 0. The lowest BCUT2D eigenvalue weighted by Crippen LogP contribution is -2.38. The van der Waals surface area contributed by atoms with E-state index in [4.69, 9.17) is 0 Å². The minimum atomic E-state index is 0.0354. The quantitative estimate of drug-likeness (QED) is 0.615. The number of phenolic OH excluding ortho intramolecular Hbond substituents is 2. The van der Waals surface area contributed by atoms with E-state index in [-0.39, 0.29) is 16.9 Å². The summed E-state index contributed by atoms with van der Waals surface area (Å²) in [5.74, 6) is 0.802. The maximum Gasteiger partial charge on any atom is 0.161 e. The summed E-state index contributed by atoms with van der Waals surface area (Å²) in [5.41, 5.74) is 1.06. The molecule has 2 atom stereocenters. The van der Waals surface area contributed by atoms with Gasteiger partial charge < -0.3 is 10.2 Å². The van der Waals surface area contributed by atoms with E-state index >= 15 is 0 Å². The molecule has 1 fully saturated rings. The molecule has 1 aliphatic carbocycles. The highest BCUT2D eigenvalue weighted by Gasteiger charge is 2.42. The van der Waals surface area contributed by atoms with Gasteiger partial charge in [-0.3, -0.25) is 0 Å². The Morgan fingerprint density at radius 2 is 1.86 bits per heavy atom. The Hall–Kier alpha value is -1.18. The van der Waals surface area contributed by atoms with Crippen LogP contribution in [0, 0.1) is 5.92 Å². The van der Waals surface area contributed by atoms with Crippen molar-refractivity contribution in [3.8, 4) is 11.5 Å². The largest absolute Gasteiger partial charge is 0.504 e. The van der Waals surface area contributed by atoms with Crippen LogP contribution in [0.5, 0.6) is 11.5 Å². The summed E-state index contributed by atoms with van der Waals surface area (Å²) in [7, 11) is 0. The highest BCUT2D eigenvalue weighted by Crippen LogP contribution is 2.52.